The summed E-state index contributed by atoms with van der Waals surface area (Å²) in [6.07, 6.45) is 0.877. The fourth-order valence-electron chi connectivity index (χ4n) is 1.93. The van der Waals surface area contributed by atoms with Crippen LogP contribution in [0.15, 0.2) is 24.3 Å². The van der Waals surface area contributed by atoms with Crippen LogP contribution in [0.1, 0.15) is 6.42 Å². The Morgan fingerprint density at radius 2 is 2.00 bits per heavy atom. The molecule has 1 aliphatic heterocycles. The number of para-hydroxylation sites is 1. The second-order valence-corrected chi connectivity index (χ2v) is 5.49. The first-order valence-corrected chi connectivity index (χ1v) is 7.32. The number of hydrogen-bond donors (Lipinski definition) is 2. The minimum Gasteiger partial charge on any atom is -0.333 e. The molecule has 1 aromatic carbocycles. The first-order valence-electron chi connectivity index (χ1n) is 6.24. The van der Waals surface area contributed by atoms with Gasteiger partial charge >= 0.3 is 11.8 Å². The summed E-state index contributed by atoms with van der Waals surface area (Å²) in [7, 11) is 0. The van der Waals surface area contributed by atoms with Crippen molar-refractivity contribution in [3.63, 3.8) is 0 Å². The Hall–Kier alpha value is -1.15. The van der Waals surface area contributed by atoms with E-state index >= 15 is 0 Å². The molecule has 0 atom stereocenters. The van der Waals surface area contributed by atoms with E-state index in [0.29, 0.717) is 18.8 Å². The summed E-state index contributed by atoms with van der Waals surface area (Å²) in [5.74, 6) is -1.02. The number of hydrogen-bond acceptors (Lipinski definition) is 3. The zero-order chi connectivity index (χ0) is 13.7. The molecule has 0 saturated carbocycles. The van der Waals surface area contributed by atoms with Crippen molar-refractivity contribution in [1.82, 2.24) is 10.2 Å². The van der Waals surface area contributed by atoms with Crippen molar-refractivity contribution in [2.75, 3.05) is 31.5 Å². The Balaban J connectivity index is 1.99. The zero-order valence-corrected chi connectivity index (χ0v) is 12.6. The Kier molecular flexibility index (Phi) is 5.15. The number of nitrogens with one attached hydrogen (secondary N) is 2. The van der Waals surface area contributed by atoms with Gasteiger partial charge in [-0.15, -0.1) is 0 Å². The SMILES string of the molecule is O=C(Nc1ccccc1I)C(=O)N1CCCNCC1. The number of carbonyl (C=O) groups excluding carboxylic acids is 2. The van der Waals surface area contributed by atoms with Gasteiger partial charge in [-0.1, -0.05) is 12.1 Å². The summed E-state index contributed by atoms with van der Waals surface area (Å²) in [5, 5.41) is 5.87. The van der Waals surface area contributed by atoms with Gasteiger partial charge in [0, 0.05) is 23.2 Å². The highest BCUT2D eigenvalue weighted by Crippen LogP contribution is 2.16. The average Bonchev–Trinajstić information content (AvgIpc) is 2.69. The van der Waals surface area contributed by atoms with Gasteiger partial charge in [0.25, 0.3) is 0 Å². The maximum atomic E-state index is 12.1. The highest BCUT2D eigenvalue weighted by atomic mass is 127. The molecule has 1 heterocycles. The molecule has 2 N–H and O–H groups in total. The standard InChI is InChI=1S/C13H16IN3O2/c14-10-4-1-2-5-11(10)16-12(18)13(19)17-8-3-6-15-7-9-17/h1-2,4-5,15H,3,6-9H2,(H,16,18). The van der Waals surface area contributed by atoms with Crippen LogP contribution in [0.3, 0.4) is 0 Å². The van der Waals surface area contributed by atoms with Gasteiger partial charge in [-0.25, -0.2) is 0 Å². The number of halogens is 1. The van der Waals surface area contributed by atoms with Crippen LogP contribution in [0.4, 0.5) is 5.69 Å². The van der Waals surface area contributed by atoms with Crippen molar-refractivity contribution in [3.8, 4) is 0 Å². The van der Waals surface area contributed by atoms with E-state index in [9.17, 15) is 9.59 Å². The van der Waals surface area contributed by atoms with E-state index in [1.165, 1.54) is 0 Å². The highest BCUT2D eigenvalue weighted by Gasteiger charge is 2.22. The molecule has 0 radical (unpaired) electrons. The van der Waals surface area contributed by atoms with Crippen LogP contribution in [0.2, 0.25) is 0 Å². The van der Waals surface area contributed by atoms with Gasteiger partial charge in [-0.2, -0.15) is 0 Å². The summed E-state index contributed by atoms with van der Waals surface area (Å²) < 4.78 is 0.916. The van der Waals surface area contributed by atoms with Gasteiger partial charge in [0.05, 0.1) is 5.69 Å². The Morgan fingerprint density at radius 3 is 2.79 bits per heavy atom. The third-order valence-corrected chi connectivity index (χ3v) is 3.88. The Labute approximate surface area is 125 Å². The van der Waals surface area contributed by atoms with E-state index in [2.05, 4.69) is 33.2 Å². The van der Waals surface area contributed by atoms with E-state index in [1.54, 1.807) is 11.0 Å². The van der Waals surface area contributed by atoms with Crippen LogP contribution in [0, 0.1) is 3.57 Å². The first kappa shape index (κ1) is 14.3. The van der Waals surface area contributed by atoms with Crippen LogP contribution >= 0.6 is 22.6 Å². The second kappa shape index (κ2) is 6.85. The van der Waals surface area contributed by atoms with Crippen LogP contribution < -0.4 is 10.6 Å². The average molecular weight is 373 g/mol. The smallest absolute Gasteiger partial charge is 0.313 e. The number of rotatable bonds is 1. The Morgan fingerprint density at radius 1 is 1.21 bits per heavy atom. The van der Waals surface area contributed by atoms with Crippen LogP contribution in [-0.2, 0) is 9.59 Å². The summed E-state index contributed by atoms with van der Waals surface area (Å²) in [4.78, 5) is 25.6. The van der Waals surface area contributed by atoms with E-state index in [-0.39, 0.29) is 0 Å². The van der Waals surface area contributed by atoms with Crippen LogP contribution in [-0.4, -0.2) is 42.9 Å². The predicted molar refractivity (Wildman–Crippen MR) is 81.9 cm³/mol. The molecule has 1 aromatic rings. The summed E-state index contributed by atoms with van der Waals surface area (Å²) >= 11 is 2.13. The molecular weight excluding hydrogens is 357 g/mol. The molecule has 0 aliphatic carbocycles. The van der Waals surface area contributed by atoms with Gasteiger partial charge in [-0.05, 0) is 47.7 Å². The molecule has 0 spiro atoms. The lowest BCUT2D eigenvalue weighted by molar-refractivity contribution is -0.143. The molecule has 1 fully saturated rings. The molecule has 19 heavy (non-hydrogen) atoms. The summed E-state index contributed by atoms with van der Waals surface area (Å²) in [6.45, 7) is 2.84. The minimum absolute atomic E-state index is 0.455. The molecule has 2 rings (SSSR count). The molecule has 2 amide bonds. The first-order chi connectivity index (χ1) is 9.18. The number of carbonyl (C=O) groups is 2. The van der Waals surface area contributed by atoms with Crippen LogP contribution in [0.25, 0.3) is 0 Å². The third kappa shape index (κ3) is 3.90. The third-order valence-electron chi connectivity index (χ3n) is 2.94. The number of benzene rings is 1. The topological polar surface area (TPSA) is 61.4 Å². The van der Waals surface area contributed by atoms with E-state index in [4.69, 9.17) is 0 Å². The second-order valence-electron chi connectivity index (χ2n) is 4.33. The van der Waals surface area contributed by atoms with E-state index in [1.807, 2.05) is 18.2 Å². The van der Waals surface area contributed by atoms with Gasteiger partial charge in [0.2, 0.25) is 0 Å². The lowest BCUT2D eigenvalue weighted by Crippen LogP contribution is -2.41. The largest absolute Gasteiger partial charge is 0.333 e. The molecule has 6 heteroatoms. The van der Waals surface area contributed by atoms with Crippen molar-refractivity contribution in [2.24, 2.45) is 0 Å². The fraction of sp³-hybridized carbons (Fsp3) is 0.385. The molecule has 1 aliphatic rings. The van der Waals surface area contributed by atoms with Crippen molar-refractivity contribution in [2.45, 2.75) is 6.42 Å². The molecule has 1 saturated heterocycles. The van der Waals surface area contributed by atoms with Gasteiger partial charge in [0.15, 0.2) is 0 Å². The van der Waals surface area contributed by atoms with E-state index < -0.39 is 11.8 Å². The number of nitrogens with zero attached hydrogens (tertiary/aromatic N) is 1. The molecule has 5 nitrogen and oxygen atoms in total. The maximum Gasteiger partial charge on any atom is 0.313 e. The van der Waals surface area contributed by atoms with Crippen LogP contribution in [0.5, 0.6) is 0 Å². The lowest BCUT2D eigenvalue weighted by Gasteiger charge is -2.19. The number of anilines is 1. The molecular formula is C13H16IN3O2. The zero-order valence-electron chi connectivity index (χ0n) is 10.5. The van der Waals surface area contributed by atoms with Gasteiger partial charge < -0.3 is 15.5 Å². The van der Waals surface area contributed by atoms with Crippen molar-refractivity contribution >= 4 is 40.1 Å². The van der Waals surface area contributed by atoms with Gasteiger partial charge in [-0.3, -0.25) is 9.59 Å². The monoisotopic (exact) mass is 373 g/mol. The Bertz CT molecular complexity index is 471. The maximum absolute atomic E-state index is 12.1. The van der Waals surface area contributed by atoms with Crippen molar-refractivity contribution in [1.29, 1.82) is 0 Å². The number of amides is 2. The predicted octanol–water partition coefficient (Wildman–Crippen LogP) is 1.05. The van der Waals surface area contributed by atoms with Crippen molar-refractivity contribution < 1.29 is 9.59 Å². The van der Waals surface area contributed by atoms with E-state index in [0.717, 1.165) is 23.1 Å². The quantitative estimate of drug-likeness (QED) is 0.572. The molecule has 0 unspecified atom stereocenters. The van der Waals surface area contributed by atoms with Gasteiger partial charge in [0.1, 0.15) is 0 Å². The minimum atomic E-state index is -0.564. The highest BCUT2D eigenvalue weighted by molar-refractivity contribution is 14.1. The molecule has 0 bridgehead atoms. The van der Waals surface area contributed by atoms with Crippen molar-refractivity contribution in [3.05, 3.63) is 27.8 Å². The fourth-order valence-corrected chi connectivity index (χ4v) is 2.45. The lowest BCUT2D eigenvalue weighted by atomic mass is 10.3. The summed E-state index contributed by atoms with van der Waals surface area (Å²) in [5.41, 5.74) is 0.675. The summed E-state index contributed by atoms with van der Waals surface area (Å²) in [6, 6.07) is 7.39. The normalized spacial score (nSPS) is 15.7. The molecule has 0 aromatic heterocycles. The molecule has 102 valence electrons.